The van der Waals surface area contributed by atoms with Crippen molar-refractivity contribution in [1.29, 1.82) is 0 Å². The first-order valence-electron chi connectivity index (χ1n) is 18.1. The monoisotopic (exact) mass is 655 g/mol. The fourth-order valence-electron chi connectivity index (χ4n) is 5.66. The lowest BCUT2D eigenvalue weighted by atomic mass is 10.1. The molecule has 1 atom stereocenters. The van der Waals surface area contributed by atoms with Gasteiger partial charge in [-0.05, 0) is 80.2 Å². The van der Waals surface area contributed by atoms with E-state index in [2.05, 4.69) is 55.6 Å². The number of aryl methyl sites for hydroxylation is 1. The number of nitrogens with one attached hydrogen (secondary N) is 1. The quantitative estimate of drug-likeness (QED) is 0.0506. The standard InChI is InChI=1S/C39H62NO5P/c1-3-5-7-8-9-10-11-12-13-14-15-16-17-18-20-22-39(41)40-37(33-46(42,43)44)31-35-27-29-38(30-28-35)45-32-36-25-23-34(24-26-36)21-19-6-4-2/h12-13,23-30,37H,3-11,14-22,31-33H2,1-2H3,(H,40,41)(H2,42,43,44)/b13-12-/t37-/m1/s1. The fourth-order valence-corrected chi connectivity index (χ4v) is 6.45. The third-order valence-electron chi connectivity index (χ3n) is 8.39. The lowest BCUT2D eigenvalue weighted by molar-refractivity contribution is -0.121. The first-order chi connectivity index (χ1) is 22.3. The van der Waals surface area contributed by atoms with Crippen molar-refractivity contribution in [3.63, 3.8) is 0 Å². The van der Waals surface area contributed by atoms with E-state index in [1.807, 2.05) is 24.3 Å². The Morgan fingerprint density at radius 3 is 1.85 bits per heavy atom. The van der Waals surface area contributed by atoms with Crippen molar-refractivity contribution in [2.45, 2.75) is 148 Å². The molecule has 0 heterocycles. The first kappa shape index (κ1) is 39.8. The van der Waals surface area contributed by atoms with Crippen LogP contribution in [0.1, 0.15) is 140 Å². The Morgan fingerprint density at radius 1 is 0.717 bits per heavy atom. The van der Waals surface area contributed by atoms with Crippen molar-refractivity contribution in [3.8, 4) is 5.75 Å². The molecular weight excluding hydrogens is 593 g/mol. The molecule has 2 aromatic carbocycles. The van der Waals surface area contributed by atoms with Crippen molar-refractivity contribution < 1.29 is 23.9 Å². The zero-order valence-electron chi connectivity index (χ0n) is 28.8. The number of ether oxygens (including phenoxy) is 1. The van der Waals surface area contributed by atoms with Gasteiger partial charge in [-0.15, -0.1) is 0 Å². The largest absolute Gasteiger partial charge is 0.489 e. The van der Waals surface area contributed by atoms with Crippen LogP contribution in [0.15, 0.2) is 60.7 Å². The van der Waals surface area contributed by atoms with Gasteiger partial charge in [0.2, 0.25) is 5.91 Å². The van der Waals surface area contributed by atoms with Crippen LogP contribution in [0.3, 0.4) is 0 Å². The number of carbonyl (C=O) groups excluding carboxylic acids is 1. The number of amides is 1. The Morgan fingerprint density at radius 2 is 1.24 bits per heavy atom. The summed E-state index contributed by atoms with van der Waals surface area (Å²) >= 11 is 0. The van der Waals surface area contributed by atoms with Gasteiger partial charge in [0.05, 0.1) is 6.16 Å². The summed E-state index contributed by atoms with van der Waals surface area (Å²) in [6.07, 6.45) is 25.4. The molecule has 0 saturated heterocycles. The Kier molecular flexibility index (Phi) is 21.4. The highest BCUT2D eigenvalue weighted by Crippen LogP contribution is 2.35. The van der Waals surface area contributed by atoms with E-state index >= 15 is 0 Å². The Hall–Kier alpha value is -2.40. The van der Waals surface area contributed by atoms with Crippen molar-refractivity contribution in [2.75, 3.05) is 6.16 Å². The van der Waals surface area contributed by atoms with Crippen LogP contribution in [0, 0.1) is 0 Å². The lowest BCUT2D eigenvalue weighted by Crippen LogP contribution is -2.39. The Balaban J connectivity index is 1.65. The van der Waals surface area contributed by atoms with E-state index in [1.165, 1.54) is 76.2 Å². The summed E-state index contributed by atoms with van der Waals surface area (Å²) in [4.78, 5) is 31.9. The van der Waals surface area contributed by atoms with Crippen LogP contribution < -0.4 is 10.1 Å². The zero-order valence-corrected chi connectivity index (χ0v) is 29.7. The maximum Gasteiger partial charge on any atom is 0.327 e. The fraction of sp³-hybridized carbons (Fsp3) is 0.615. The van der Waals surface area contributed by atoms with Gasteiger partial charge in [-0.1, -0.05) is 127 Å². The number of rotatable bonds is 27. The van der Waals surface area contributed by atoms with Gasteiger partial charge >= 0.3 is 7.60 Å². The minimum absolute atomic E-state index is 0.146. The van der Waals surface area contributed by atoms with Crippen LogP contribution >= 0.6 is 7.60 Å². The van der Waals surface area contributed by atoms with E-state index in [1.54, 1.807) is 0 Å². The summed E-state index contributed by atoms with van der Waals surface area (Å²) in [6.45, 7) is 4.94. The number of benzene rings is 2. The second-order valence-corrected chi connectivity index (χ2v) is 14.6. The molecule has 0 radical (unpaired) electrons. The van der Waals surface area contributed by atoms with Crippen molar-refractivity contribution in [1.82, 2.24) is 5.32 Å². The molecule has 46 heavy (non-hydrogen) atoms. The third kappa shape index (κ3) is 20.7. The molecule has 0 unspecified atom stereocenters. The van der Waals surface area contributed by atoms with E-state index < -0.39 is 13.6 Å². The summed E-state index contributed by atoms with van der Waals surface area (Å²) in [5.41, 5.74) is 3.36. The molecule has 1 amide bonds. The third-order valence-corrected chi connectivity index (χ3v) is 9.31. The van der Waals surface area contributed by atoms with Crippen molar-refractivity contribution in [2.24, 2.45) is 0 Å². The number of carbonyl (C=O) groups is 1. The number of hydrogen-bond acceptors (Lipinski definition) is 3. The van der Waals surface area contributed by atoms with Crippen molar-refractivity contribution in [3.05, 3.63) is 77.4 Å². The molecule has 2 rings (SSSR count). The summed E-state index contributed by atoms with van der Waals surface area (Å²) in [5, 5.41) is 2.88. The molecule has 0 fully saturated rings. The van der Waals surface area contributed by atoms with E-state index in [4.69, 9.17) is 4.74 Å². The number of hydrogen-bond donors (Lipinski definition) is 3. The van der Waals surface area contributed by atoms with Crippen LogP contribution in [-0.2, 0) is 28.8 Å². The summed E-state index contributed by atoms with van der Waals surface area (Å²) < 4.78 is 17.8. The molecule has 3 N–H and O–H groups in total. The lowest BCUT2D eigenvalue weighted by Gasteiger charge is -2.20. The van der Waals surface area contributed by atoms with Gasteiger partial charge in [-0.25, -0.2) is 0 Å². The zero-order chi connectivity index (χ0) is 33.3. The Labute approximate surface area is 280 Å². The second kappa shape index (κ2) is 24.7. The van der Waals surface area contributed by atoms with Crippen molar-refractivity contribution >= 4 is 13.5 Å². The summed E-state index contributed by atoms with van der Waals surface area (Å²) in [6, 6.07) is 15.5. The number of allylic oxidation sites excluding steroid dienone is 2. The maximum atomic E-state index is 12.6. The second-order valence-electron chi connectivity index (χ2n) is 12.9. The normalized spacial score (nSPS) is 12.4. The molecule has 0 saturated carbocycles. The molecule has 7 heteroatoms. The van der Waals surface area contributed by atoms with E-state index in [-0.39, 0.29) is 12.1 Å². The predicted octanol–water partition coefficient (Wildman–Crippen LogP) is 10.2. The molecule has 0 bridgehead atoms. The van der Waals surface area contributed by atoms with E-state index in [9.17, 15) is 19.1 Å². The topological polar surface area (TPSA) is 95.9 Å². The average molecular weight is 656 g/mol. The van der Waals surface area contributed by atoms with Gasteiger partial charge in [0, 0.05) is 12.5 Å². The molecule has 6 nitrogen and oxygen atoms in total. The highest BCUT2D eigenvalue weighted by molar-refractivity contribution is 7.51. The van der Waals surface area contributed by atoms with Crippen LogP contribution in [0.4, 0.5) is 0 Å². The predicted molar refractivity (Wildman–Crippen MR) is 192 cm³/mol. The number of unbranched alkanes of at least 4 members (excludes halogenated alkanes) is 13. The molecule has 0 spiro atoms. The van der Waals surface area contributed by atoms with Gasteiger partial charge in [-0.2, -0.15) is 0 Å². The van der Waals surface area contributed by atoms with E-state index in [0.29, 0.717) is 19.4 Å². The molecule has 2 aromatic rings. The molecule has 0 aliphatic carbocycles. The molecule has 0 aromatic heterocycles. The molecule has 0 aliphatic heterocycles. The highest BCUT2D eigenvalue weighted by Gasteiger charge is 2.23. The van der Waals surface area contributed by atoms with Gasteiger partial charge in [0.15, 0.2) is 0 Å². The van der Waals surface area contributed by atoms with Gasteiger partial charge in [0.1, 0.15) is 12.4 Å². The van der Waals surface area contributed by atoms with E-state index in [0.717, 1.165) is 55.4 Å². The van der Waals surface area contributed by atoms with Gasteiger partial charge < -0.3 is 19.8 Å². The SMILES string of the molecule is CCCCCCCC/C=C\CCCCCCCC(=O)N[C@H](Cc1ccc(OCc2ccc(CCCCC)cc2)cc1)CP(=O)(O)O. The van der Waals surface area contributed by atoms with Crippen LogP contribution in [-0.4, -0.2) is 27.9 Å². The minimum Gasteiger partial charge on any atom is -0.489 e. The molecule has 0 aliphatic rings. The molecular formula is C39H62NO5P. The first-order valence-corrected chi connectivity index (χ1v) is 19.9. The molecule has 258 valence electrons. The Bertz CT molecular complexity index is 1130. The van der Waals surface area contributed by atoms with Gasteiger partial charge in [0.25, 0.3) is 0 Å². The van der Waals surface area contributed by atoms with Crippen LogP contribution in [0.2, 0.25) is 0 Å². The van der Waals surface area contributed by atoms with Crippen LogP contribution in [0.25, 0.3) is 0 Å². The highest BCUT2D eigenvalue weighted by atomic mass is 31.2. The summed E-state index contributed by atoms with van der Waals surface area (Å²) in [5.74, 6) is 0.586. The smallest absolute Gasteiger partial charge is 0.327 e. The van der Waals surface area contributed by atoms with Crippen LogP contribution in [0.5, 0.6) is 5.75 Å². The maximum absolute atomic E-state index is 12.6. The average Bonchev–Trinajstić information content (AvgIpc) is 3.02. The summed E-state index contributed by atoms with van der Waals surface area (Å²) in [7, 11) is -4.29. The minimum atomic E-state index is -4.29. The van der Waals surface area contributed by atoms with Gasteiger partial charge in [-0.3, -0.25) is 9.36 Å².